The number of aliphatic hydroxyl groups excluding tert-OH is 1. The number of allylic oxidation sites excluding steroid dienone is 4. The van der Waals surface area contributed by atoms with Gasteiger partial charge in [0.2, 0.25) is 5.88 Å². The number of methoxy groups -OCH3 is 1. The van der Waals surface area contributed by atoms with Gasteiger partial charge in [-0.2, -0.15) is 13.2 Å². The van der Waals surface area contributed by atoms with E-state index in [0.29, 0.717) is 11.3 Å². The first-order chi connectivity index (χ1) is 20.6. The first kappa shape index (κ1) is 31.1. The molecule has 3 aromatic heterocycles. The molecular weight excluding hydrogens is 611 g/mol. The first-order valence-corrected chi connectivity index (χ1v) is 14.9. The van der Waals surface area contributed by atoms with Crippen LogP contribution in [0.5, 0.6) is 5.88 Å². The molecule has 232 valence electrons. The summed E-state index contributed by atoms with van der Waals surface area (Å²) in [4.78, 5) is 11.7. The monoisotopic (exact) mass is 636 g/mol. The summed E-state index contributed by atoms with van der Waals surface area (Å²) in [7, 11) is -2.65. The molecule has 0 saturated heterocycles. The number of hydrogen-bond donors (Lipinski definition) is 1. The molecule has 0 bridgehead atoms. The molecule has 44 heavy (non-hydrogen) atoms. The van der Waals surface area contributed by atoms with Crippen molar-refractivity contribution in [1.82, 2.24) is 19.5 Å². The van der Waals surface area contributed by atoms with Gasteiger partial charge in [-0.25, -0.2) is 32.2 Å². The van der Waals surface area contributed by atoms with Gasteiger partial charge in [0.05, 0.1) is 30.4 Å². The first-order valence-electron chi connectivity index (χ1n) is 13.0. The Bertz CT molecular complexity index is 1960. The Morgan fingerprint density at radius 1 is 1.11 bits per heavy atom. The molecule has 9 nitrogen and oxygen atoms in total. The number of benzene rings is 1. The highest BCUT2D eigenvalue weighted by atomic mass is 32.2. The van der Waals surface area contributed by atoms with Crippen LogP contribution >= 0.6 is 0 Å². The van der Waals surface area contributed by atoms with E-state index in [1.165, 1.54) is 37.7 Å². The van der Waals surface area contributed by atoms with Crippen molar-refractivity contribution in [1.29, 1.82) is 0 Å². The van der Waals surface area contributed by atoms with Gasteiger partial charge in [0.25, 0.3) is 0 Å². The Morgan fingerprint density at radius 2 is 1.84 bits per heavy atom. The van der Waals surface area contributed by atoms with Crippen LogP contribution in [0.2, 0.25) is 0 Å². The number of imidazole rings is 1. The predicted molar refractivity (Wildman–Crippen MR) is 149 cm³/mol. The van der Waals surface area contributed by atoms with E-state index in [0.717, 1.165) is 30.8 Å². The molecule has 1 aromatic carbocycles. The zero-order valence-electron chi connectivity index (χ0n) is 23.8. The minimum Gasteiger partial charge on any atom is -0.480 e. The van der Waals surface area contributed by atoms with Crippen molar-refractivity contribution in [3.8, 4) is 17.2 Å². The SMILES string of the molecule is COc1ncc(F)cc1-c1oc(C)nc1C1=C(n2cc(C(F)(F)F)nc2C)CCC(c2cc(F)c(CO)c(S(C)(=O)=O)c2)=C1. The third-order valence-electron chi connectivity index (χ3n) is 7.05. The smallest absolute Gasteiger partial charge is 0.434 e. The van der Waals surface area contributed by atoms with E-state index in [-0.39, 0.29) is 58.6 Å². The van der Waals surface area contributed by atoms with Crippen LogP contribution < -0.4 is 4.74 Å². The van der Waals surface area contributed by atoms with Crippen molar-refractivity contribution in [2.75, 3.05) is 13.4 Å². The lowest BCUT2D eigenvalue weighted by Gasteiger charge is -2.22. The van der Waals surface area contributed by atoms with Gasteiger partial charge in [-0.3, -0.25) is 0 Å². The maximum absolute atomic E-state index is 15.1. The molecule has 5 rings (SSSR count). The Kier molecular flexibility index (Phi) is 7.97. The number of aliphatic hydroxyl groups is 1. The van der Waals surface area contributed by atoms with Crippen LogP contribution in [0.1, 0.15) is 47.1 Å². The van der Waals surface area contributed by atoms with E-state index in [9.17, 15) is 31.1 Å². The van der Waals surface area contributed by atoms with E-state index >= 15 is 4.39 Å². The van der Waals surface area contributed by atoms with Crippen LogP contribution in [0.15, 0.2) is 46.0 Å². The molecule has 0 radical (unpaired) electrons. The highest BCUT2D eigenvalue weighted by molar-refractivity contribution is 7.90. The van der Waals surface area contributed by atoms with Crippen molar-refractivity contribution in [2.45, 2.75) is 44.4 Å². The van der Waals surface area contributed by atoms with Crippen molar-refractivity contribution >= 4 is 26.7 Å². The molecule has 0 unspecified atom stereocenters. The molecule has 4 aromatic rings. The highest BCUT2D eigenvalue weighted by Crippen LogP contribution is 2.44. The number of pyridine rings is 1. The molecule has 0 spiro atoms. The van der Waals surface area contributed by atoms with E-state index in [1.807, 2.05) is 0 Å². The zero-order valence-corrected chi connectivity index (χ0v) is 24.6. The van der Waals surface area contributed by atoms with Crippen LogP contribution in [0.3, 0.4) is 0 Å². The Labute approximate surface area is 248 Å². The summed E-state index contributed by atoms with van der Waals surface area (Å²) in [6, 6.07) is 3.42. The zero-order chi connectivity index (χ0) is 32.1. The molecule has 3 heterocycles. The van der Waals surface area contributed by atoms with Crippen LogP contribution in [-0.4, -0.2) is 46.4 Å². The maximum atomic E-state index is 15.1. The third-order valence-corrected chi connectivity index (χ3v) is 8.22. The summed E-state index contributed by atoms with van der Waals surface area (Å²) in [5.74, 6) is -1.53. The van der Waals surface area contributed by atoms with Gasteiger partial charge in [0, 0.05) is 36.2 Å². The van der Waals surface area contributed by atoms with Crippen molar-refractivity contribution in [3.05, 3.63) is 82.5 Å². The second-order valence-electron chi connectivity index (χ2n) is 10.1. The minimum absolute atomic E-state index is 0.00352. The number of oxazole rings is 1. The van der Waals surface area contributed by atoms with Crippen molar-refractivity contribution in [2.24, 2.45) is 0 Å². The number of hydrogen-bond acceptors (Lipinski definition) is 8. The number of rotatable bonds is 7. The quantitative estimate of drug-likeness (QED) is 0.246. The molecule has 0 fully saturated rings. The molecule has 15 heteroatoms. The minimum atomic E-state index is -4.73. The fraction of sp³-hybridized carbons (Fsp3) is 0.276. The summed E-state index contributed by atoms with van der Waals surface area (Å²) in [6.07, 6.45) is -0.299. The highest BCUT2D eigenvalue weighted by Gasteiger charge is 2.35. The molecule has 0 amide bonds. The van der Waals surface area contributed by atoms with Crippen LogP contribution in [0.25, 0.3) is 28.2 Å². The largest absolute Gasteiger partial charge is 0.480 e. The Hall–Kier alpha value is -4.37. The molecule has 0 saturated carbocycles. The van der Waals surface area contributed by atoms with E-state index in [1.54, 1.807) is 0 Å². The number of ether oxygens (including phenoxy) is 1. The van der Waals surface area contributed by atoms with Gasteiger partial charge in [0.1, 0.15) is 23.2 Å². The lowest BCUT2D eigenvalue weighted by molar-refractivity contribution is -0.141. The average Bonchev–Trinajstić information content (AvgIpc) is 3.54. The summed E-state index contributed by atoms with van der Waals surface area (Å²) in [6.45, 7) is 2.07. The lowest BCUT2D eigenvalue weighted by Crippen LogP contribution is -2.09. The van der Waals surface area contributed by atoms with Gasteiger partial charge in [-0.1, -0.05) is 0 Å². The number of sulfone groups is 1. The third kappa shape index (κ3) is 5.76. The van der Waals surface area contributed by atoms with Crippen molar-refractivity contribution in [3.63, 3.8) is 0 Å². The second kappa shape index (κ2) is 11.3. The predicted octanol–water partition coefficient (Wildman–Crippen LogP) is 6.00. The Balaban J connectivity index is 1.81. The lowest BCUT2D eigenvalue weighted by atomic mass is 9.88. The second-order valence-corrected chi connectivity index (χ2v) is 12.0. The molecule has 1 aliphatic rings. The Morgan fingerprint density at radius 3 is 2.45 bits per heavy atom. The van der Waals surface area contributed by atoms with Gasteiger partial charge >= 0.3 is 6.18 Å². The number of aryl methyl sites for hydroxylation is 2. The molecule has 1 aliphatic carbocycles. The number of halogens is 5. The summed E-state index contributed by atoms with van der Waals surface area (Å²) in [5, 5.41) is 9.63. The van der Waals surface area contributed by atoms with Crippen LogP contribution in [0.4, 0.5) is 22.0 Å². The van der Waals surface area contributed by atoms with Gasteiger partial charge in [0.15, 0.2) is 27.2 Å². The fourth-order valence-corrected chi connectivity index (χ4v) is 6.06. The summed E-state index contributed by atoms with van der Waals surface area (Å²) >= 11 is 0. The van der Waals surface area contributed by atoms with Crippen LogP contribution in [-0.2, 0) is 22.6 Å². The van der Waals surface area contributed by atoms with Gasteiger partial charge in [-0.05, 0) is 55.2 Å². The number of alkyl halides is 3. The summed E-state index contributed by atoms with van der Waals surface area (Å²) < 4.78 is 108. The molecule has 0 atom stereocenters. The van der Waals surface area contributed by atoms with E-state index < -0.39 is 50.4 Å². The summed E-state index contributed by atoms with van der Waals surface area (Å²) in [5.41, 5.74) is -0.205. The van der Waals surface area contributed by atoms with E-state index in [2.05, 4.69) is 15.0 Å². The van der Waals surface area contributed by atoms with Gasteiger partial charge < -0.3 is 18.8 Å². The molecule has 0 aliphatic heterocycles. The maximum Gasteiger partial charge on any atom is 0.434 e. The number of nitrogens with zero attached hydrogens (tertiary/aromatic N) is 4. The van der Waals surface area contributed by atoms with Crippen LogP contribution in [0, 0.1) is 25.5 Å². The molecule has 1 N–H and O–H groups in total. The fourth-order valence-electron chi connectivity index (χ4n) is 5.11. The topological polar surface area (TPSA) is 120 Å². The number of aromatic nitrogens is 4. The average molecular weight is 637 g/mol. The normalized spacial score (nSPS) is 14.3. The standard InChI is InChI=1S/C29H25F5N4O5S/c1-14-36-25(29(32,33)34)12-38(14)23-6-5-16(17-8-22(31)21(13-39)24(9-17)44(4,40)41)7-19(23)26-27(43-15(2)37-26)20-10-18(30)11-35-28(20)42-3/h7-12,39H,5-6,13H2,1-4H3. The van der Waals surface area contributed by atoms with Gasteiger partial charge in [-0.15, -0.1) is 0 Å². The van der Waals surface area contributed by atoms with E-state index in [4.69, 9.17) is 9.15 Å². The van der Waals surface area contributed by atoms with Crippen molar-refractivity contribution < 1.29 is 44.6 Å². The molecular formula is C29H25F5N4O5S.